The Labute approximate surface area is 156 Å². The second-order valence-electron chi connectivity index (χ2n) is 5.31. The second-order valence-corrected chi connectivity index (χ2v) is 5.31. The van der Waals surface area contributed by atoms with Gasteiger partial charge < -0.3 is 16.4 Å². The Bertz CT molecular complexity index is 451. The summed E-state index contributed by atoms with van der Waals surface area (Å²) in [7, 11) is 0. The molecule has 4 N–H and O–H groups in total. The average molecular weight is 432 g/mol. The van der Waals surface area contributed by atoms with Crippen molar-refractivity contribution in [3.8, 4) is 0 Å². The van der Waals surface area contributed by atoms with E-state index in [1.807, 2.05) is 30.3 Å². The molecule has 1 aromatic rings. The lowest BCUT2D eigenvalue weighted by molar-refractivity contribution is -0.114. The number of guanidine groups is 1. The van der Waals surface area contributed by atoms with Crippen molar-refractivity contribution in [3.63, 3.8) is 0 Å². The lowest BCUT2D eigenvalue weighted by Gasteiger charge is -2.06. The monoisotopic (exact) mass is 432 g/mol. The number of unbranched alkanes of at least 4 members (excludes halogenated alkanes) is 5. The molecule has 5 nitrogen and oxygen atoms in total. The molecular weight excluding hydrogens is 403 g/mol. The van der Waals surface area contributed by atoms with Crippen molar-refractivity contribution in [2.24, 2.45) is 10.7 Å². The van der Waals surface area contributed by atoms with Crippen LogP contribution in [0.15, 0.2) is 35.3 Å². The Morgan fingerprint density at radius 1 is 1.09 bits per heavy atom. The van der Waals surface area contributed by atoms with Crippen LogP contribution in [0, 0.1) is 0 Å². The largest absolute Gasteiger partial charge is 0.370 e. The Morgan fingerprint density at radius 2 is 1.74 bits per heavy atom. The molecule has 0 bridgehead atoms. The van der Waals surface area contributed by atoms with Crippen LogP contribution in [0.3, 0.4) is 0 Å². The summed E-state index contributed by atoms with van der Waals surface area (Å²) in [4.78, 5) is 15.7. The zero-order chi connectivity index (χ0) is 16.0. The van der Waals surface area contributed by atoms with Gasteiger partial charge in [0.2, 0.25) is 5.91 Å². The van der Waals surface area contributed by atoms with E-state index in [-0.39, 0.29) is 36.4 Å². The van der Waals surface area contributed by atoms with Crippen LogP contribution in [0.5, 0.6) is 0 Å². The first-order valence-corrected chi connectivity index (χ1v) is 8.11. The quantitative estimate of drug-likeness (QED) is 0.229. The van der Waals surface area contributed by atoms with E-state index in [1.165, 1.54) is 32.1 Å². The number of rotatable bonds is 10. The third-order valence-electron chi connectivity index (χ3n) is 3.29. The van der Waals surface area contributed by atoms with E-state index in [1.54, 1.807) is 0 Å². The topological polar surface area (TPSA) is 79.5 Å². The molecule has 0 unspecified atom stereocenters. The number of carbonyl (C=O) groups is 1. The Balaban J connectivity index is 0.00000484. The van der Waals surface area contributed by atoms with Crippen LogP contribution in [0.4, 0.5) is 5.69 Å². The van der Waals surface area contributed by atoms with Crippen LogP contribution < -0.4 is 16.4 Å². The van der Waals surface area contributed by atoms with Gasteiger partial charge in [0.05, 0.1) is 0 Å². The lowest BCUT2D eigenvalue weighted by Crippen LogP contribution is -2.33. The third kappa shape index (κ3) is 11.9. The number of anilines is 1. The molecule has 0 fully saturated rings. The number of nitrogens with one attached hydrogen (secondary N) is 2. The summed E-state index contributed by atoms with van der Waals surface area (Å²) in [5.41, 5.74) is 6.50. The molecule has 0 aliphatic heterocycles. The molecule has 0 heterocycles. The molecule has 0 aromatic heterocycles. The van der Waals surface area contributed by atoms with E-state index in [2.05, 4.69) is 22.5 Å². The zero-order valence-corrected chi connectivity index (χ0v) is 16.2. The minimum atomic E-state index is -0.171. The third-order valence-corrected chi connectivity index (χ3v) is 3.29. The lowest BCUT2D eigenvalue weighted by atomic mass is 10.1. The molecule has 0 saturated carbocycles. The van der Waals surface area contributed by atoms with Crippen molar-refractivity contribution in [3.05, 3.63) is 30.3 Å². The molecule has 6 heteroatoms. The standard InChI is InChI=1S/C17H28N4O.HI/c1-2-3-4-5-6-10-13-19-17(18)20-14-16(22)21-15-11-8-7-9-12-15;/h7-9,11-12H,2-6,10,13-14H2,1H3,(H,21,22)(H3,18,19,20);1H. The fourth-order valence-corrected chi connectivity index (χ4v) is 2.06. The highest BCUT2D eigenvalue weighted by Crippen LogP contribution is 2.05. The smallest absolute Gasteiger partial charge is 0.246 e. The van der Waals surface area contributed by atoms with Gasteiger partial charge in [-0.3, -0.25) is 4.79 Å². The molecule has 23 heavy (non-hydrogen) atoms. The average Bonchev–Trinajstić information content (AvgIpc) is 2.53. The maximum Gasteiger partial charge on any atom is 0.246 e. The Morgan fingerprint density at radius 3 is 2.43 bits per heavy atom. The maximum atomic E-state index is 11.7. The van der Waals surface area contributed by atoms with Gasteiger partial charge >= 0.3 is 0 Å². The van der Waals surface area contributed by atoms with Crippen molar-refractivity contribution in [1.29, 1.82) is 0 Å². The van der Waals surface area contributed by atoms with E-state index in [9.17, 15) is 4.79 Å². The van der Waals surface area contributed by atoms with Crippen LogP contribution in [-0.4, -0.2) is 25.0 Å². The molecule has 1 amide bonds. The van der Waals surface area contributed by atoms with Crippen molar-refractivity contribution < 1.29 is 4.79 Å². The number of amides is 1. The molecule has 0 aliphatic carbocycles. The fourth-order valence-electron chi connectivity index (χ4n) is 2.06. The Kier molecular flexibility index (Phi) is 13.5. The molecular formula is C17H29IN4O. The number of para-hydroxylation sites is 1. The number of nitrogens with zero attached hydrogens (tertiary/aromatic N) is 1. The summed E-state index contributed by atoms with van der Waals surface area (Å²) in [6.07, 6.45) is 7.44. The number of carbonyl (C=O) groups excluding carboxylic acids is 1. The van der Waals surface area contributed by atoms with E-state index >= 15 is 0 Å². The normalized spacial score (nSPS) is 10.7. The van der Waals surface area contributed by atoms with Crippen LogP contribution in [0.2, 0.25) is 0 Å². The van der Waals surface area contributed by atoms with Crippen molar-refractivity contribution in [2.45, 2.75) is 45.4 Å². The summed E-state index contributed by atoms with van der Waals surface area (Å²) >= 11 is 0. The van der Waals surface area contributed by atoms with Gasteiger partial charge in [-0.2, -0.15) is 0 Å². The number of halogens is 1. The van der Waals surface area contributed by atoms with Gasteiger partial charge in [-0.1, -0.05) is 57.2 Å². The molecule has 0 atom stereocenters. The molecule has 130 valence electrons. The van der Waals surface area contributed by atoms with Gasteiger partial charge in [0, 0.05) is 12.2 Å². The zero-order valence-electron chi connectivity index (χ0n) is 13.9. The minimum absolute atomic E-state index is 0. The van der Waals surface area contributed by atoms with Crippen molar-refractivity contribution >= 4 is 41.5 Å². The van der Waals surface area contributed by atoms with Crippen LogP contribution in [0.1, 0.15) is 45.4 Å². The van der Waals surface area contributed by atoms with E-state index in [0.29, 0.717) is 5.96 Å². The molecule has 1 aromatic carbocycles. The Hall–Kier alpha value is -1.31. The van der Waals surface area contributed by atoms with E-state index in [0.717, 1.165) is 18.7 Å². The van der Waals surface area contributed by atoms with Gasteiger partial charge in [-0.15, -0.1) is 24.0 Å². The molecule has 0 aliphatic rings. The number of hydrogen-bond donors (Lipinski definition) is 3. The highest BCUT2D eigenvalue weighted by Gasteiger charge is 2.01. The summed E-state index contributed by atoms with van der Waals surface area (Å²) < 4.78 is 0. The van der Waals surface area contributed by atoms with Gasteiger partial charge in [0.15, 0.2) is 5.96 Å². The summed E-state index contributed by atoms with van der Waals surface area (Å²) in [6.45, 7) is 3.05. The molecule has 0 saturated heterocycles. The maximum absolute atomic E-state index is 11.7. The van der Waals surface area contributed by atoms with Gasteiger partial charge in [0.25, 0.3) is 0 Å². The summed E-state index contributed by atoms with van der Waals surface area (Å²) in [5, 5.41) is 5.80. The first-order valence-electron chi connectivity index (χ1n) is 8.11. The summed E-state index contributed by atoms with van der Waals surface area (Å²) in [6, 6.07) is 9.31. The van der Waals surface area contributed by atoms with Crippen LogP contribution in [-0.2, 0) is 4.79 Å². The SMILES string of the molecule is CCCCCCCCNC(N)=NCC(=O)Nc1ccccc1.I. The van der Waals surface area contributed by atoms with Crippen LogP contribution >= 0.6 is 24.0 Å². The first-order chi connectivity index (χ1) is 10.7. The number of nitrogens with two attached hydrogens (primary N) is 1. The molecule has 0 spiro atoms. The number of aliphatic imine (C=N–C) groups is 1. The predicted octanol–water partition coefficient (Wildman–Crippen LogP) is 3.51. The van der Waals surface area contributed by atoms with Crippen LogP contribution in [0.25, 0.3) is 0 Å². The highest BCUT2D eigenvalue weighted by molar-refractivity contribution is 14.0. The number of benzene rings is 1. The van der Waals surface area contributed by atoms with Crippen molar-refractivity contribution in [1.82, 2.24) is 5.32 Å². The molecule has 0 radical (unpaired) electrons. The van der Waals surface area contributed by atoms with E-state index < -0.39 is 0 Å². The van der Waals surface area contributed by atoms with Crippen molar-refractivity contribution in [2.75, 3.05) is 18.4 Å². The van der Waals surface area contributed by atoms with Gasteiger partial charge in [-0.05, 0) is 18.6 Å². The van der Waals surface area contributed by atoms with Gasteiger partial charge in [-0.25, -0.2) is 4.99 Å². The second kappa shape index (κ2) is 14.3. The summed E-state index contributed by atoms with van der Waals surface area (Å²) in [5.74, 6) is 0.160. The predicted molar refractivity (Wildman–Crippen MR) is 108 cm³/mol. The van der Waals surface area contributed by atoms with E-state index in [4.69, 9.17) is 5.73 Å². The number of hydrogen-bond acceptors (Lipinski definition) is 2. The fraction of sp³-hybridized carbons (Fsp3) is 0.529. The minimum Gasteiger partial charge on any atom is -0.370 e. The molecule has 1 rings (SSSR count). The van der Waals surface area contributed by atoms with Gasteiger partial charge in [0.1, 0.15) is 6.54 Å². The first kappa shape index (κ1) is 21.7. The highest BCUT2D eigenvalue weighted by atomic mass is 127.